The maximum atomic E-state index is 14.8. The standard InChI is InChI=1S/C28H24F4N4O3/c1-35-16-23(21-4-3-5-22(25(21)35)26(37)33-12-13-39-2)27(38,28(30,31)32)18-6-11-24-17(14-18)15-34-36(24)20-9-7-19(29)8-10-20/h3-11,14-16,38H,12-13H2,1-2H3,(H,33,37). The first-order valence-corrected chi connectivity index (χ1v) is 11.9. The van der Waals surface area contributed by atoms with Crippen LogP contribution in [0.5, 0.6) is 0 Å². The summed E-state index contributed by atoms with van der Waals surface area (Å²) in [4.78, 5) is 12.8. The van der Waals surface area contributed by atoms with E-state index in [4.69, 9.17) is 4.74 Å². The lowest BCUT2D eigenvalue weighted by Crippen LogP contribution is -2.43. The number of nitrogens with zero attached hydrogens (tertiary/aromatic N) is 3. The molecule has 5 aromatic rings. The number of alkyl halides is 3. The van der Waals surface area contributed by atoms with Crippen molar-refractivity contribution in [2.24, 2.45) is 7.05 Å². The zero-order valence-corrected chi connectivity index (χ0v) is 21.0. The molecule has 0 spiro atoms. The third-order valence-electron chi connectivity index (χ3n) is 6.70. The van der Waals surface area contributed by atoms with E-state index in [-0.39, 0.29) is 29.6 Å². The number of nitrogens with one attached hydrogen (secondary N) is 1. The minimum absolute atomic E-state index is 0.0822. The first kappa shape index (κ1) is 26.4. The van der Waals surface area contributed by atoms with Crippen LogP contribution in [-0.4, -0.2) is 51.8 Å². The number of amides is 1. The molecule has 11 heteroatoms. The number of rotatable bonds is 7. The number of carbonyl (C=O) groups is 1. The summed E-state index contributed by atoms with van der Waals surface area (Å²) in [6, 6.07) is 13.8. The third kappa shape index (κ3) is 4.43. The van der Waals surface area contributed by atoms with Gasteiger partial charge in [-0.3, -0.25) is 4.79 Å². The molecule has 7 nitrogen and oxygen atoms in total. The lowest BCUT2D eigenvalue weighted by Gasteiger charge is -2.31. The highest BCUT2D eigenvalue weighted by molar-refractivity contribution is 6.07. The van der Waals surface area contributed by atoms with Crippen molar-refractivity contribution in [2.45, 2.75) is 11.8 Å². The highest BCUT2D eigenvalue weighted by Gasteiger charge is 2.57. The van der Waals surface area contributed by atoms with Gasteiger partial charge in [-0.15, -0.1) is 0 Å². The zero-order chi connectivity index (χ0) is 27.9. The van der Waals surface area contributed by atoms with E-state index in [2.05, 4.69) is 10.4 Å². The average Bonchev–Trinajstić information content (AvgIpc) is 3.49. The first-order valence-electron chi connectivity index (χ1n) is 11.9. The molecule has 1 atom stereocenters. The molecule has 39 heavy (non-hydrogen) atoms. The van der Waals surface area contributed by atoms with Gasteiger partial charge < -0.3 is 19.7 Å². The molecule has 0 aliphatic heterocycles. The summed E-state index contributed by atoms with van der Waals surface area (Å²) in [5.74, 6) is -0.908. The number of carbonyl (C=O) groups excluding carboxylic acids is 1. The molecular weight excluding hydrogens is 516 g/mol. The minimum atomic E-state index is -5.11. The summed E-state index contributed by atoms with van der Waals surface area (Å²) in [7, 11) is 3.00. The Morgan fingerprint density at radius 3 is 2.54 bits per heavy atom. The summed E-state index contributed by atoms with van der Waals surface area (Å²) >= 11 is 0. The van der Waals surface area contributed by atoms with E-state index in [9.17, 15) is 27.5 Å². The van der Waals surface area contributed by atoms with Crippen LogP contribution >= 0.6 is 0 Å². The highest BCUT2D eigenvalue weighted by atomic mass is 19.4. The predicted octanol–water partition coefficient (Wildman–Crippen LogP) is 4.83. The molecule has 0 bridgehead atoms. The second-order valence-corrected chi connectivity index (χ2v) is 9.12. The van der Waals surface area contributed by atoms with E-state index >= 15 is 0 Å². The van der Waals surface area contributed by atoms with Gasteiger partial charge in [0, 0.05) is 43.2 Å². The van der Waals surface area contributed by atoms with Crippen LogP contribution in [0.1, 0.15) is 21.5 Å². The summed E-state index contributed by atoms with van der Waals surface area (Å²) in [6.07, 6.45) is -2.54. The van der Waals surface area contributed by atoms with Crippen LogP contribution < -0.4 is 5.32 Å². The van der Waals surface area contributed by atoms with Gasteiger partial charge in [-0.2, -0.15) is 18.3 Å². The van der Waals surface area contributed by atoms with Crippen molar-refractivity contribution in [3.05, 3.63) is 95.6 Å². The largest absolute Gasteiger partial charge is 0.425 e. The number of aromatic nitrogens is 3. The number of halogens is 4. The third-order valence-corrected chi connectivity index (χ3v) is 6.70. The van der Waals surface area contributed by atoms with Crippen molar-refractivity contribution in [2.75, 3.05) is 20.3 Å². The van der Waals surface area contributed by atoms with Gasteiger partial charge in [0.2, 0.25) is 5.60 Å². The second kappa shape index (κ2) is 9.83. The molecule has 2 N–H and O–H groups in total. The lowest BCUT2D eigenvalue weighted by atomic mass is 9.84. The molecule has 2 aromatic heterocycles. The van der Waals surface area contributed by atoms with E-state index in [0.717, 1.165) is 0 Å². The van der Waals surface area contributed by atoms with Crippen molar-refractivity contribution in [1.29, 1.82) is 0 Å². The van der Waals surface area contributed by atoms with Gasteiger partial charge in [0.05, 0.1) is 35.1 Å². The van der Waals surface area contributed by atoms with Crippen LogP contribution in [0.4, 0.5) is 17.6 Å². The topological polar surface area (TPSA) is 81.3 Å². The Hall–Kier alpha value is -4.22. The van der Waals surface area contributed by atoms with Crippen molar-refractivity contribution in [3.8, 4) is 5.69 Å². The second-order valence-electron chi connectivity index (χ2n) is 9.12. The van der Waals surface area contributed by atoms with Gasteiger partial charge in [0.15, 0.2) is 0 Å². The Labute approximate surface area is 220 Å². The Balaban J connectivity index is 1.64. The Morgan fingerprint density at radius 1 is 1.10 bits per heavy atom. The monoisotopic (exact) mass is 540 g/mol. The Kier molecular flexibility index (Phi) is 6.65. The van der Waals surface area contributed by atoms with Gasteiger partial charge in [-0.05, 0) is 48.0 Å². The number of ether oxygens (including phenoxy) is 1. The lowest BCUT2D eigenvalue weighted by molar-refractivity contribution is -0.247. The molecule has 0 aliphatic carbocycles. The molecule has 0 fully saturated rings. The van der Waals surface area contributed by atoms with Crippen molar-refractivity contribution >= 4 is 27.7 Å². The average molecular weight is 541 g/mol. The molecule has 2 heterocycles. The smallest absolute Gasteiger partial charge is 0.383 e. The summed E-state index contributed by atoms with van der Waals surface area (Å²) < 4.78 is 65.5. The van der Waals surface area contributed by atoms with Crippen LogP contribution in [0.15, 0.2) is 73.1 Å². The number of methoxy groups -OCH3 is 1. The van der Waals surface area contributed by atoms with Crippen LogP contribution in [-0.2, 0) is 17.4 Å². The van der Waals surface area contributed by atoms with Crippen molar-refractivity contribution in [1.82, 2.24) is 19.7 Å². The predicted molar refractivity (Wildman–Crippen MR) is 137 cm³/mol. The molecule has 3 aromatic carbocycles. The highest BCUT2D eigenvalue weighted by Crippen LogP contribution is 2.47. The molecule has 0 saturated carbocycles. The number of aryl methyl sites for hydroxylation is 1. The quantitative estimate of drug-likeness (QED) is 0.229. The van der Waals surface area contributed by atoms with Gasteiger partial charge in [-0.25, -0.2) is 9.07 Å². The molecule has 5 rings (SSSR count). The number of aliphatic hydroxyl groups is 1. The Morgan fingerprint density at radius 2 is 1.85 bits per heavy atom. The molecule has 0 aliphatic rings. The minimum Gasteiger partial charge on any atom is -0.383 e. The fourth-order valence-electron chi connectivity index (χ4n) is 4.82. The molecule has 1 amide bonds. The number of hydrogen-bond donors (Lipinski definition) is 2. The van der Waals surface area contributed by atoms with E-state index in [0.29, 0.717) is 16.6 Å². The number of fused-ring (bicyclic) bond motifs is 2. The van der Waals surface area contributed by atoms with Crippen LogP contribution in [0.3, 0.4) is 0 Å². The van der Waals surface area contributed by atoms with E-state index < -0.39 is 34.6 Å². The number of benzene rings is 3. The zero-order valence-electron chi connectivity index (χ0n) is 21.0. The van der Waals surface area contributed by atoms with Crippen LogP contribution in [0, 0.1) is 5.82 Å². The summed E-state index contributed by atoms with van der Waals surface area (Å²) in [5.41, 5.74) is -2.82. The maximum Gasteiger partial charge on any atom is 0.425 e. The number of para-hydroxylation sites is 1. The van der Waals surface area contributed by atoms with Gasteiger partial charge in [0.1, 0.15) is 5.82 Å². The normalized spacial score (nSPS) is 13.6. The van der Waals surface area contributed by atoms with Gasteiger partial charge in [0.25, 0.3) is 5.91 Å². The van der Waals surface area contributed by atoms with Crippen LogP contribution in [0.2, 0.25) is 0 Å². The maximum absolute atomic E-state index is 14.8. The fourth-order valence-corrected chi connectivity index (χ4v) is 4.82. The first-order chi connectivity index (χ1) is 18.6. The molecule has 1 unspecified atom stereocenters. The molecule has 0 radical (unpaired) electrons. The summed E-state index contributed by atoms with van der Waals surface area (Å²) in [6.45, 7) is 0.495. The molecule has 202 valence electrons. The number of hydrogen-bond acceptors (Lipinski definition) is 4. The SMILES string of the molecule is COCCNC(=O)c1cccc2c(C(O)(c3ccc4c(cnn4-c4ccc(F)cc4)c3)C(F)(F)F)cn(C)c12. The van der Waals surface area contributed by atoms with E-state index in [1.807, 2.05) is 0 Å². The molecular formula is C28H24F4N4O3. The fraction of sp³-hybridized carbons (Fsp3) is 0.214. The molecule has 0 saturated heterocycles. The van der Waals surface area contributed by atoms with E-state index in [1.54, 1.807) is 0 Å². The van der Waals surface area contributed by atoms with Gasteiger partial charge in [-0.1, -0.05) is 18.2 Å². The van der Waals surface area contributed by atoms with Crippen LogP contribution in [0.25, 0.3) is 27.5 Å². The summed E-state index contributed by atoms with van der Waals surface area (Å²) in [5, 5.41) is 18.8. The van der Waals surface area contributed by atoms with Crippen molar-refractivity contribution in [3.63, 3.8) is 0 Å². The van der Waals surface area contributed by atoms with Gasteiger partial charge >= 0.3 is 6.18 Å². The van der Waals surface area contributed by atoms with E-state index in [1.165, 1.54) is 96.5 Å². The Bertz CT molecular complexity index is 1670. The van der Waals surface area contributed by atoms with Crippen molar-refractivity contribution < 1.29 is 32.2 Å².